The largest absolute Gasteiger partial charge is 0.378 e. The lowest BCUT2D eigenvalue weighted by molar-refractivity contribution is -0.113. The van der Waals surface area contributed by atoms with Crippen LogP contribution in [0.15, 0.2) is 58.5 Å². The zero-order valence-corrected chi connectivity index (χ0v) is 19.2. The number of benzene rings is 2. The summed E-state index contributed by atoms with van der Waals surface area (Å²) in [6, 6.07) is 15.2. The molecule has 168 valence electrons. The fourth-order valence-electron chi connectivity index (χ4n) is 3.70. The predicted molar refractivity (Wildman–Crippen MR) is 130 cm³/mol. The van der Waals surface area contributed by atoms with Crippen molar-refractivity contribution in [1.82, 2.24) is 9.55 Å². The van der Waals surface area contributed by atoms with Crippen LogP contribution in [0.2, 0.25) is 0 Å². The molecule has 1 unspecified atom stereocenters. The summed E-state index contributed by atoms with van der Waals surface area (Å²) in [6.45, 7) is 7.25. The lowest BCUT2D eigenvalue weighted by Gasteiger charge is -2.28. The second-order valence-corrected chi connectivity index (χ2v) is 8.77. The van der Waals surface area contributed by atoms with Gasteiger partial charge in [0.25, 0.3) is 5.56 Å². The van der Waals surface area contributed by atoms with Gasteiger partial charge in [0, 0.05) is 30.5 Å². The van der Waals surface area contributed by atoms with Crippen LogP contribution < -0.4 is 15.8 Å². The Balaban J connectivity index is 1.45. The number of amides is 1. The maximum Gasteiger partial charge on any atom is 0.262 e. The van der Waals surface area contributed by atoms with Gasteiger partial charge in [-0.15, -0.1) is 0 Å². The number of thioether (sulfide) groups is 1. The number of rotatable bonds is 7. The average molecular weight is 453 g/mol. The Morgan fingerprint density at radius 1 is 1.16 bits per heavy atom. The van der Waals surface area contributed by atoms with Gasteiger partial charge in [-0.2, -0.15) is 0 Å². The summed E-state index contributed by atoms with van der Waals surface area (Å²) in [5.74, 6) is 0.0409. The van der Waals surface area contributed by atoms with Gasteiger partial charge >= 0.3 is 0 Å². The smallest absolute Gasteiger partial charge is 0.262 e. The molecule has 1 aliphatic rings. The first-order valence-corrected chi connectivity index (χ1v) is 11.9. The molecule has 8 heteroatoms. The first-order valence-electron chi connectivity index (χ1n) is 10.9. The van der Waals surface area contributed by atoms with Crippen molar-refractivity contribution in [2.45, 2.75) is 31.5 Å². The highest BCUT2D eigenvalue weighted by atomic mass is 32.2. The second-order valence-electron chi connectivity index (χ2n) is 7.83. The van der Waals surface area contributed by atoms with Gasteiger partial charge in [0.1, 0.15) is 0 Å². The summed E-state index contributed by atoms with van der Waals surface area (Å²) in [7, 11) is 0. The van der Waals surface area contributed by atoms with Crippen molar-refractivity contribution in [3.63, 3.8) is 0 Å². The predicted octanol–water partition coefficient (Wildman–Crippen LogP) is 3.93. The minimum absolute atomic E-state index is 0.00195. The number of carbonyl (C=O) groups is 1. The topological polar surface area (TPSA) is 76.5 Å². The molecule has 2 aromatic carbocycles. The molecule has 1 amide bonds. The lowest BCUT2D eigenvalue weighted by atomic mass is 10.2. The molecular weight excluding hydrogens is 424 g/mol. The number of aromatic nitrogens is 2. The molecule has 3 aromatic rings. The van der Waals surface area contributed by atoms with Crippen LogP contribution in [0.1, 0.15) is 26.3 Å². The first kappa shape index (κ1) is 22.4. The van der Waals surface area contributed by atoms with Crippen LogP contribution >= 0.6 is 11.8 Å². The van der Waals surface area contributed by atoms with Crippen molar-refractivity contribution >= 4 is 39.9 Å². The maximum absolute atomic E-state index is 13.0. The Kier molecular flexibility index (Phi) is 7.12. The summed E-state index contributed by atoms with van der Waals surface area (Å²) in [4.78, 5) is 32.6. The molecule has 1 atom stereocenters. The van der Waals surface area contributed by atoms with Gasteiger partial charge in [0.05, 0.1) is 29.9 Å². The van der Waals surface area contributed by atoms with E-state index in [0.29, 0.717) is 16.1 Å². The van der Waals surface area contributed by atoms with E-state index in [2.05, 4.69) is 15.2 Å². The number of nitrogens with zero attached hydrogens (tertiary/aromatic N) is 3. The standard InChI is InChI=1S/C24H28N4O3S/c1-3-17(2)28-23(30)20-6-4-5-7-21(20)26-24(28)32-16-22(29)25-18-8-10-19(11-9-18)27-12-14-31-15-13-27/h4-11,17H,3,12-16H2,1-2H3,(H,25,29). The molecule has 1 saturated heterocycles. The molecule has 2 heterocycles. The van der Waals surface area contributed by atoms with E-state index in [1.54, 1.807) is 10.6 Å². The second kappa shape index (κ2) is 10.2. The summed E-state index contributed by atoms with van der Waals surface area (Å²) in [5, 5.41) is 4.11. The Labute approximate surface area is 191 Å². The molecule has 0 bridgehead atoms. The molecule has 0 aliphatic carbocycles. The van der Waals surface area contributed by atoms with Crippen molar-refractivity contribution in [1.29, 1.82) is 0 Å². The van der Waals surface area contributed by atoms with E-state index in [0.717, 1.165) is 44.1 Å². The number of nitrogens with one attached hydrogen (secondary N) is 1. The lowest BCUT2D eigenvalue weighted by Crippen LogP contribution is -2.36. The van der Waals surface area contributed by atoms with Crippen molar-refractivity contribution < 1.29 is 9.53 Å². The minimum Gasteiger partial charge on any atom is -0.378 e. The molecule has 0 spiro atoms. The summed E-state index contributed by atoms with van der Waals surface area (Å²) in [6.07, 6.45) is 0.801. The summed E-state index contributed by atoms with van der Waals surface area (Å²) in [5.41, 5.74) is 2.46. The Hall–Kier alpha value is -2.84. The summed E-state index contributed by atoms with van der Waals surface area (Å²) >= 11 is 1.29. The van der Waals surface area contributed by atoms with Gasteiger partial charge in [-0.1, -0.05) is 30.8 Å². The van der Waals surface area contributed by atoms with Gasteiger partial charge in [0.2, 0.25) is 5.91 Å². The summed E-state index contributed by atoms with van der Waals surface area (Å²) < 4.78 is 7.10. The van der Waals surface area contributed by atoms with Crippen LogP contribution in [0.25, 0.3) is 10.9 Å². The number of morpholine rings is 1. The van der Waals surface area contributed by atoms with Crippen molar-refractivity contribution in [2.24, 2.45) is 0 Å². The van der Waals surface area contributed by atoms with Gasteiger partial charge in [-0.25, -0.2) is 4.98 Å². The Bertz CT molecular complexity index is 1140. The third-order valence-electron chi connectivity index (χ3n) is 5.67. The zero-order valence-electron chi connectivity index (χ0n) is 18.4. The highest BCUT2D eigenvalue weighted by Crippen LogP contribution is 2.23. The fraction of sp³-hybridized carbons (Fsp3) is 0.375. The third kappa shape index (κ3) is 4.97. The van der Waals surface area contributed by atoms with E-state index < -0.39 is 0 Å². The van der Waals surface area contributed by atoms with E-state index >= 15 is 0 Å². The average Bonchev–Trinajstić information content (AvgIpc) is 2.83. The van der Waals surface area contributed by atoms with Crippen molar-refractivity contribution in [3.8, 4) is 0 Å². The van der Waals surface area contributed by atoms with Crippen molar-refractivity contribution in [3.05, 3.63) is 58.9 Å². The highest BCUT2D eigenvalue weighted by molar-refractivity contribution is 7.99. The van der Waals surface area contributed by atoms with Crippen LogP contribution in [-0.2, 0) is 9.53 Å². The van der Waals surface area contributed by atoms with Crippen molar-refractivity contribution in [2.75, 3.05) is 42.3 Å². The molecule has 1 N–H and O–H groups in total. The van der Waals surface area contributed by atoms with Crippen LogP contribution in [0, 0.1) is 0 Å². The van der Waals surface area contributed by atoms with Gasteiger partial charge in [-0.3, -0.25) is 14.2 Å². The SMILES string of the molecule is CCC(C)n1c(SCC(=O)Nc2ccc(N3CCOCC3)cc2)nc2ccccc2c1=O. The fourth-order valence-corrected chi connectivity index (χ4v) is 4.60. The number of ether oxygens (including phenoxy) is 1. The molecule has 1 aromatic heterocycles. The number of para-hydroxylation sites is 1. The molecule has 32 heavy (non-hydrogen) atoms. The highest BCUT2D eigenvalue weighted by Gasteiger charge is 2.17. The molecule has 4 rings (SSSR count). The third-order valence-corrected chi connectivity index (χ3v) is 6.62. The van der Waals surface area contributed by atoms with E-state index in [4.69, 9.17) is 4.74 Å². The molecule has 7 nitrogen and oxygen atoms in total. The zero-order chi connectivity index (χ0) is 22.5. The Morgan fingerprint density at radius 2 is 1.88 bits per heavy atom. The quantitative estimate of drug-likeness (QED) is 0.432. The van der Waals surface area contributed by atoms with Gasteiger partial charge < -0.3 is 15.0 Å². The number of anilines is 2. The molecule has 0 saturated carbocycles. The van der Waals surface area contributed by atoms with E-state index in [1.165, 1.54) is 11.8 Å². The van der Waals surface area contributed by atoms with E-state index in [-0.39, 0.29) is 23.3 Å². The number of hydrogen-bond donors (Lipinski definition) is 1. The first-order chi connectivity index (χ1) is 15.6. The van der Waals surface area contributed by atoms with Crippen LogP contribution in [0.3, 0.4) is 0 Å². The number of hydrogen-bond acceptors (Lipinski definition) is 6. The maximum atomic E-state index is 13.0. The monoisotopic (exact) mass is 452 g/mol. The number of fused-ring (bicyclic) bond motifs is 1. The number of carbonyl (C=O) groups excluding carboxylic acids is 1. The van der Waals surface area contributed by atoms with Gasteiger partial charge in [-0.05, 0) is 49.7 Å². The van der Waals surface area contributed by atoms with E-state index in [1.807, 2.05) is 56.3 Å². The van der Waals surface area contributed by atoms with Crippen LogP contribution in [0.4, 0.5) is 11.4 Å². The molecule has 0 radical (unpaired) electrons. The van der Waals surface area contributed by atoms with Crippen LogP contribution in [0.5, 0.6) is 0 Å². The molecule has 1 aliphatic heterocycles. The van der Waals surface area contributed by atoms with Crippen LogP contribution in [-0.4, -0.2) is 47.5 Å². The molecule has 1 fully saturated rings. The van der Waals surface area contributed by atoms with Gasteiger partial charge in [0.15, 0.2) is 5.16 Å². The minimum atomic E-state index is -0.132. The Morgan fingerprint density at radius 3 is 2.59 bits per heavy atom. The normalized spacial score (nSPS) is 15.0. The molecular formula is C24H28N4O3S. The van der Waals surface area contributed by atoms with E-state index in [9.17, 15) is 9.59 Å².